The van der Waals surface area contributed by atoms with Crippen LogP contribution in [0.3, 0.4) is 0 Å². The second-order valence-electron chi connectivity index (χ2n) is 5.45. The highest BCUT2D eigenvalue weighted by Gasteiger charge is 2.37. The minimum absolute atomic E-state index is 0. The van der Waals surface area contributed by atoms with Crippen molar-refractivity contribution in [2.45, 2.75) is 32.1 Å². The molecule has 2 aliphatic heterocycles. The van der Waals surface area contributed by atoms with Gasteiger partial charge < -0.3 is 19.7 Å². The number of piperazine rings is 1. The third kappa shape index (κ3) is 3.24. The Morgan fingerprint density at radius 3 is 2.57 bits per heavy atom. The molecule has 2 heterocycles. The van der Waals surface area contributed by atoms with Gasteiger partial charge in [-0.25, -0.2) is 0 Å². The molecule has 1 aromatic rings. The number of hydrogen-bond donors (Lipinski definition) is 1. The maximum absolute atomic E-state index is 12.6. The molecule has 1 amide bonds. The van der Waals surface area contributed by atoms with Crippen molar-refractivity contribution < 1.29 is 14.3 Å². The Balaban J connectivity index is 0.00000161. The number of ether oxygens (including phenoxy) is 2. The third-order valence-electron chi connectivity index (χ3n) is 3.77. The van der Waals surface area contributed by atoms with Gasteiger partial charge in [0.15, 0.2) is 11.5 Å². The number of rotatable bonds is 1. The van der Waals surface area contributed by atoms with Crippen molar-refractivity contribution >= 4 is 18.3 Å². The van der Waals surface area contributed by atoms with Crippen molar-refractivity contribution in [3.63, 3.8) is 0 Å². The molecule has 1 fully saturated rings. The fourth-order valence-corrected chi connectivity index (χ4v) is 2.70. The molecule has 1 aromatic carbocycles. The van der Waals surface area contributed by atoms with Crippen LogP contribution in [0.4, 0.5) is 0 Å². The molecule has 5 nitrogen and oxygen atoms in total. The third-order valence-corrected chi connectivity index (χ3v) is 3.77. The molecule has 1 N–H and O–H groups in total. The van der Waals surface area contributed by atoms with Gasteiger partial charge in [-0.05, 0) is 26.0 Å². The Labute approximate surface area is 131 Å². The van der Waals surface area contributed by atoms with Crippen LogP contribution >= 0.6 is 12.4 Å². The normalized spacial score (nSPS) is 27.7. The van der Waals surface area contributed by atoms with Crippen molar-refractivity contribution in [1.82, 2.24) is 10.2 Å². The van der Waals surface area contributed by atoms with Crippen LogP contribution in [-0.2, 0) is 4.79 Å². The second kappa shape index (κ2) is 6.54. The number of benzene rings is 1. The number of hydrogen-bond acceptors (Lipinski definition) is 4. The summed E-state index contributed by atoms with van der Waals surface area (Å²) < 4.78 is 11.7. The molecule has 2 aliphatic rings. The van der Waals surface area contributed by atoms with E-state index < -0.39 is 6.10 Å². The largest absolute Gasteiger partial charge is 0.482 e. The fourth-order valence-electron chi connectivity index (χ4n) is 2.70. The van der Waals surface area contributed by atoms with Gasteiger partial charge in [-0.15, -0.1) is 12.4 Å². The van der Waals surface area contributed by atoms with E-state index in [1.54, 1.807) is 0 Å². The number of carbonyl (C=O) groups excluding carboxylic acids is 1. The Morgan fingerprint density at radius 2 is 1.90 bits per heavy atom. The molecule has 0 aromatic heterocycles. The first-order chi connectivity index (χ1) is 9.65. The lowest BCUT2D eigenvalue weighted by Crippen LogP contribution is -2.57. The smallest absolute Gasteiger partial charge is 0.267 e. The van der Waals surface area contributed by atoms with E-state index in [1.807, 2.05) is 36.1 Å². The van der Waals surface area contributed by atoms with E-state index in [1.165, 1.54) is 0 Å². The number of para-hydroxylation sites is 2. The van der Waals surface area contributed by atoms with E-state index >= 15 is 0 Å². The lowest BCUT2D eigenvalue weighted by molar-refractivity contribution is -0.145. The summed E-state index contributed by atoms with van der Waals surface area (Å²) in [7, 11) is 0. The maximum atomic E-state index is 12.6. The molecule has 0 radical (unpaired) electrons. The van der Waals surface area contributed by atoms with Crippen molar-refractivity contribution in [1.29, 1.82) is 0 Å². The van der Waals surface area contributed by atoms with Gasteiger partial charge in [0.05, 0.1) is 0 Å². The SMILES string of the molecule is CC1CN(C(=O)C2Oc3ccccc3OC2C)CCN1.Cl. The average molecular weight is 313 g/mol. The van der Waals surface area contributed by atoms with Gasteiger partial charge in [0.25, 0.3) is 5.91 Å². The van der Waals surface area contributed by atoms with Crippen LogP contribution < -0.4 is 14.8 Å². The molecule has 0 aliphatic carbocycles. The van der Waals surface area contributed by atoms with E-state index in [0.717, 1.165) is 13.1 Å². The van der Waals surface area contributed by atoms with Gasteiger partial charge >= 0.3 is 0 Å². The van der Waals surface area contributed by atoms with Gasteiger partial charge in [0.2, 0.25) is 6.10 Å². The summed E-state index contributed by atoms with van der Waals surface area (Å²) in [5, 5.41) is 3.33. The highest BCUT2D eigenvalue weighted by molar-refractivity contribution is 5.85. The Bertz CT molecular complexity index is 511. The molecular formula is C15H21ClN2O3. The number of nitrogens with one attached hydrogen (secondary N) is 1. The van der Waals surface area contributed by atoms with E-state index in [4.69, 9.17) is 9.47 Å². The number of amides is 1. The molecule has 116 valence electrons. The average Bonchev–Trinajstić information content (AvgIpc) is 2.46. The second-order valence-corrected chi connectivity index (χ2v) is 5.45. The molecule has 6 heteroatoms. The van der Waals surface area contributed by atoms with Crippen LogP contribution in [-0.4, -0.2) is 48.7 Å². The first kappa shape index (κ1) is 15.9. The fraction of sp³-hybridized carbons (Fsp3) is 0.533. The van der Waals surface area contributed by atoms with Crippen LogP contribution in [0.2, 0.25) is 0 Å². The molecule has 21 heavy (non-hydrogen) atoms. The molecule has 0 bridgehead atoms. The van der Waals surface area contributed by atoms with Crippen LogP contribution in [0.5, 0.6) is 11.5 Å². The summed E-state index contributed by atoms with van der Waals surface area (Å²) in [4.78, 5) is 14.5. The minimum atomic E-state index is -0.560. The van der Waals surface area contributed by atoms with Crippen LogP contribution in [0.15, 0.2) is 24.3 Å². The zero-order valence-corrected chi connectivity index (χ0v) is 13.1. The van der Waals surface area contributed by atoms with E-state index in [0.29, 0.717) is 24.1 Å². The van der Waals surface area contributed by atoms with Gasteiger partial charge in [-0.2, -0.15) is 0 Å². The standard InChI is InChI=1S/C15H20N2O3.ClH/c1-10-9-17(8-7-16-10)15(18)14-11(2)19-12-5-3-4-6-13(12)20-14;/h3-6,10-11,14,16H,7-9H2,1-2H3;1H. The first-order valence-corrected chi connectivity index (χ1v) is 7.09. The van der Waals surface area contributed by atoms with Gasteiger partial charge in [-0.1, -0.05) is 12.1 Å². The number of fused-ring (bicyclic) bond motifs is 1. The van der Waals surface area contributed by atoms with E-state index in [9.17, 15) is 4.79 Å². The van der Waals surface area contributed by atoms with Crippen molar-refractivity contribution in [2.75, 3.05) is 19.6 Å². The molecule has 0 saturated carbocycles. The topological polar surface area (TPSA) is 50.8 Å². The first-order valence-electron chi connectivity index (χ1n) is 7.09. The van der Waals surface area contributed by atoms with Gasteiger partial charge in [-0.3, -0.25) is 4.79 Å². The summed E-state index contributed by atoms with van der Waals surface area (Å²) in [6.45, 7) is 6.22. The number of halogens is 1. The minimum Gasteiger partial charge on any atom is -0.482 e. The van der Waals surface area contributed by atoms with Crippen LogP contribution in [0.1, 0.15) is 13.8 Å². The molecule has 3 rings (SSSR count). The zero-order valence-electron chi connectivity index (χ0n) is 12.2. The lowest BCUT2D eigenvalue weighted by Gasteiger charge is -2.37. The van der Waals surface area contributed by atoms with Crippen molar-refractivity contribution in [3.05, 3.63) is 24.3 Å². The predicted octanol–water partition coefficient (Wildman–Crippen LogP) is 1.46. The quantitative estimate of drug-likeness (QED) is 0.853. The van der Waals surface area contributed by atoms with Crippen molar-refractivity contribution in [2.24, 2.45) is 0 Å². The predicted molar refractivity (Wildman–Crippen MR) is 82.2 cm³/mol. The lowest BCUT2D eigenvalue weighted by atomic mass is 10.1. The molecular weight excluding hydrogens is 292 g/mol. The van der Waals surface area contributed by atoms with E-state index in [2.05, 4.69) is 12.2 Å². The monoisotopic (exact) mass is 312 g/mol. The Hall–Kier alpha value is -1.46. The van der Waals surface area contributed by atoms with Gasteiger partial charge in [0.1, 0.15) is 6.10 Å². The molecule has 3 unspecified atom stereocenters. The van der Waals surface area contributed by atoms with Crippen LogP contribution in [0, 0.1) is 0 Å². The Kier molecular flexibility index (Phi) is 4.96. The summed E-state index contributed by atoms with van der Waals surface area (Å²) in [6, 6.07) is 7.79. The van der Waals surface area contributed by atoms with E-state index in [-0.39, 0.29) is 24.4 Å². The number of nitrogens with zero attached hydrogens (tertiary/aromatic N) is 1. The molecule has 0 spiro atoms. The zero-order chi connectivity index (χ0) is 14.1. The molecule has 1 saturated heterocycles. The highest BCUT2D eigenvalue weighted by atomic mass is 35.5. The summed E-state index contributed by atoms with van der Waals surface area (Å²) >= 11 is 0. The summed E-state index contributed by atoms with van der Waals surface area (Å²) in [5.74, 6) is 1.37. The summed E-state index contributed by atoms with van der Waals surface area (Å²) in [6.07, 6.45) is -0.835. The number of carbonyl (C=O) groups is 1. The highest BCUT2D eigenvalue weighted by Crippen LogP contribution is 2.33. The van der Waals surface area contributed by atoms with Crippen LogP contribution in [0.25, 0.3) is 0 Å². The van der Waals surface area contributed by atoms with Gasteiger partial charge in [0, 0.05) is 25.7 Å². The summed E-state index contributed by atoms with van der Waals surface area (Å²) in [5.41, 5.74) is 0. The molecule has 3 atom stereocenters. The van der Waals surface area contributed by atoms with Crippen molar-refractivity contribution in [3.8, 4) is 11.5 Å². The maximum Gasteiger partial charge on any atom is 0.267 e. The Morgan fingerprint density at radius 1 is 1.24 bits per heavy atom.